The Morgan fingerprint density at radius 3 is 2.37 bits per heavy atom. The average molecular weight is 629 g/mol. The topological polar surface area (TPSA) is 86.8 Å². The van der Waals surface area contributed by atoms with Crippen molar-refractivity contribution >= 4 is 59.4 Å². The summed E-state index contributed by atoms with van der Waals surface area (Å²) in [5.74, 6) is -0.690. The lowest BCUT2D eigenvalue weighted by molar-refractivity contribution is -0.139. The van der Waals surface area contributed by atoms with Crippen molar-refractivity contribution in [2.24, 2.45) is 0 Å². The molecule has 1 N–H and O–H groups in total. The number of carbonyl (C=O) groups excluding carboxylic acids is 2. The fourth-order valence-electron chi connectivity index (χ4n) is 4.23. The highest BCUT2D eigenvalue weighted by Crippen LogP contribution is 2.28. The van der Waals surface area contributed by atoms with Crippen LogP contribution in [0.15, 0.2) is 57.5 Å². The summed E-state index contributed by atoms with van der Waals surface area (Å²) in [5, 5.41) is 3.09. The number of anilines is 1. The second-order valence-corrected chi connectivity index (χ2v) is 12.6. The second-order valence-electron chi connectivity index (χ2n) is 8.89. The van der Waals surface area contributed by atoms with Gasteiger partial charge in [0.15, 0.2) is 0 Å². The Morgan fingerprint density at radius 2 is 1.74 bits per heavy atom. The quantitative estimate of drug-likeness (QED) is 0.430. The molecule has 2 amide bonds. The number of rotatable bonds is 9. The Balaban J connectivity index is 1.88. The zero-order chi connectivity index (χ0) is 25.6. The van der Waals surface area contributed by atoms with E-state index >= 15 is 0 Å². The highest BCUT2D eigenvalue weighted by Gasteiger charge is 2.31. The molecule has 0 aliphatic heterocycles. The highest BCUT2D eigenvalue weighted by atomic mass is 79.9. The summed E-state index contributed by atoms with van der Waals surface area (Å²) in [6, 6.07) is 13.7. The molecule has 1 saturated carbocycles. The molecule has 1 fully saturated rings. The van der Waals surface area contributed by atoms with Crippen molar-refractivity contribution in [1.82, 2.24) is 10.2 Å². The fourth-order valence-corrected chi connectivity index (χ4v) is 6.16. The first-order valence-electron chi connectivity index (χ1n) is 11.6. The van der Waals surface area contributed by atoms with Gasteiger partial charge in [-0.2, -0.15) is 0 Å². The van der Waals surface area contributed by atoms with Crippen LogP contribution < -0.4 is 9.62 Å². The number of sulfonamides is 1. The molecule has 3 rings (SSSR count). The molecule has 35 heavy (non-hydrogen) atoms. The van der Waals surface area contributed by atoms with Crippen molar-refractivity contribution < 1.29 is 18.0 Å². The van der Waals surface area contributed by atoms with Gasteiger partial charge in [-0.25, -0.2) is 8.42 Å². The molecular formula is C25H31Br2N3O4S. The predicted octanol–water partition coefficient (Wildman–Crippen LogP) is 4.84. The lowest BCUT2D eigenvalue weighted by Gasteiger charge is -2.33. The van der Waals surface area contributed by atoms with Crippen LogP contribution in [0.5, 0.6) is 0 Å². The van der Waals surface area contributed by atoms with Crippen molar-refractivity contribution in [1.29, 1.82) is 0 Å². The molecular weight excluding hydrogens is 598 g/mol. The van der Waals surface area contributed by atoms with E-state index in [-0.39, 0.29) is 18.5 Å². The van der Waals surface area contributed by atoms with E-state index in [1.54, 1.807) is 31.2 Å². The number of para-hydroxylation sites is 1. The van der Waals surface area contributed by atoms with Gasteiger partial charge in [0.05, 0.1) is 11.9 Å². The van der Waals surface area contributed by atoms with E-state index in [0.717, 1.165) is 46.3 Å². The van der Waals surface area contributed by atoms with Crippen molar-refractivity contribution in [3.05, 3.63) is 63.0 Å². The fraction of sp³-hybridized carbons (Fsp3) is 0.440. The van der Waals surface area contributed by atoms with Crippen LogP contribution in [0.3, 0.4) is 0 Å². The van der Waals surface area contributed by atoms with E-state index in [4.69, 9.17) is 0 Å². The molecule has 190 valence electrons. The SMILES string of the molecule is CC(C(=O)NC1CCCCC1)N(Cc1cccc(Br)c1)C(=O)CN(c1ccccc1Br)S(C)(=O)=O. The van der Waals surface area contributed by atoms with Gasteiger partial charge in [-0.05, 0) is 65.5 Å². The first kappa shape index (κ1) is 27.7. The van der Waals surface area contributed by atoms with Crippen LogP contribution in [0.25, 0.3) is 0 Å². The van der Waals surface area contributed by atoms with Crippen molar-refractivity contribution in [2.75, 3.05) is 17.1 Å². The Morgan fingerprint density at radius 1 is 1.06 bits per heavy atom. The molecule has 0 heterocycles. The van der Waals surface area contributed by atoms with Crippen LogP contribution in [-0.4, -0.2) is 50.0 Å². The third-order valence-electron chi connectivity index (χ3n) is 6.16. The molecule has 1 unspecified atom stereocenters. The van der Waals surface area contributed by atoms with Crippen molar-refractivity contribution in [3.63, 3.8) is 0 Å². The summed E-state index contributed by atoms with van der Waals surface area (Å²) in [4.78, 5) is 28.2. The number of nitrogens with one attached hydrogen (secondary N) is 1. The smallest absolute Gasteiger partial charge is 0.244 e. The molecule has 0 bridgehead atoms. The van der Waals surface area contributed by atoms with Gasteiger partial charge in [0.1, 0.15) is 12.6 Å². The number of halogens is 2. The standard InChI is InChI=1S/C25H31Br2N3O4S/c1-18(25(32)28-21-11-4-3-5-12-21)29(16-19-9-8-10-20(26)15-19)24(31)17-30(35(2,33)34)23-14-7-6-13-22(23)27/h6-10,13-15,18,21H,3-5,11-12,16-17H2,1-2H3,(H,28,32). The molecule has 1 aliphatic rings. The lowest BCUT2D eigenvalue weighted by atomic mass is 9.95. The minimum absolute atomic E-state index is 0.106. The maximum atomic E-state index is 13.6. The van der Waals surface area contributed by atoms with E-state index in [1.807, 2.05) is 24.3 Å². The normalized spacial score (nSPS) is 15.3. The van der Waals surface area contributed by atoms with Gasteiger partial charge in [-0.3, -0.25) is 13.9 Å². The van der Waals surface area contributed by atoms with Gasteiger partial charge in [0, 0.05) is 21.5 Å². The number of benzene rings is 2. The zero-order valence-electron chi connectivity index (χ0n) is 19.9. The molecule has 2 aromatic carbocycles. The molecule has 2 aromatic rings. The first-order valence-corrected chi connectivity index (χ1v) is 15.1. The largest absolute Gasteiger partial charge is 0.352 e. The number of hydrogen-bond donors (Lipinski definition) is 1. The van der Waals surface area contributed by atoms with Gasteiger partial charge >= 0.3 is 0 Å². The Kier molecular flexibility index (Phi) is 9.77. The molecule has 0 spiro atoms. The number of amides is 2. The van der Waals surface area contributed by atoms with E-state index in [9.17, 15) is 18.0 Å². The Labute approximate surface area is 224 Å². The van der Waals surface area contributed by atoms with E-state index in [0.29, 0.717) is 10.2 Å². The van der Waals surface area contributed by atoms with Gasteiger partial charge < -0.3 is 10.2 Å². The molecule has 1 atom stereocenters. The summed E-state index contributed by atoms with van der Waals surface area (Å²) in [6.45, 7) is 1.44. The monoisotopic (exact) mass is 627 g/mol. The van der Waals surface area contributed by atoms with Crippen LogP contribution in [0, 0.1) is 0 Å². The Hall–Kier alpha value is -1.91. The minimum Gasteiger partial charge on any atom is -0.352 e. The average Bonchev–Trinajstić information content (AvgIpc) is 2.81. The maximum Gasteiger partial charge on any atom is 0.244 e. The number of carbonyl (C=O) groups is 2. The van der Waals surface area contributed by atoms with Crippen molar-refractivity contribution in [3.8, 4) is 0 Å². The van der Waals surface area contributed by atoms with Gasteiger partial charge in [-0.15, -0.1) is 0 Å². The summed E-state index contributed by atoms with van der Waals surface area (Å²) >= 11 is 6.84. The molecule has 1 aliphatic carbocycles. The minimum atomic E-state index is -3.77. The molecule has 0 aromatic heterocycles. The van der Waals surface area contributed by atoms with E-state index < -0.39 is 28.5 Å². The molecule has 0 radical (unpaired) electrons. The number of nitrogens with zero attached hydrogens (tertiary/aromatic N) is 2. The summed E-state index contributed by atoms with van der Waals surface area (Å²) < 4.78 is 27.8. The predicted molar refractivity (Wildman–Crippen MR) is 146 cm³/mol. The highest BCUT2D eigenvalue weighted by molar-refractivity contribution is 9.10. The second kappa shape index (κ2) is 12.4. The van der Waals surface area contributed by atoms with Crippen LogP contribution in [0.1, 0.15) is 44.6 Å². The lowest BCUT2D eigenvalue weighted by Crippen LogP contribution is -2.53. The van der Waals surface area contributed by atoms with Crippen molar-refractivity contribution in [2.45, 2.75) is 57.7 Å². The van der Waals surface area contributed by atoms with E-state index in [2.05, 4.69) is 37.2 Å². The van der Waals surface area contributed by atoms with Crippen LogP contribution in [0.4, 0.5) is 5.69 Å². The first-order chi connectivity index (χ1) is 16.6. The van der Waals surface area contributed by atoms with E-state index in [1.165, 1.54) is 11.3 Å². The van der Waals surface area contributed by atoms with Gasteiger partial charge in [0.25, 0.3) is 0 Å². The third kappa shape index (κ3) is 7.79. The molecule has 10 heteroatoms. The van der Waals surface area contributed by atoms with Crippen LogP contribution in [0.2, 0.25) is 0 Å². The van der Waals surface area contributed by atoms with Crippen LogP contribution in [-0.2, 0) is 26.2 Å². The third-order valence-corrected chi connectivity index (χ3v) is 8.45. The summed E-state index contributed by atoms with van der Waals surface area (Å²) in [7, 11) is -3.77. The summed E-state index contributed by atoms with van der Waals surface area (Å²) in [6.07, 6.45) is 6.26. The maximum absolute atomic E-state index is 13.6. The zero-order valence-corrected chi connectivity index (χ0v) is 23.9. The summed E-state index contributed by atoms with van der Waals surface area (Å²) in [5.41, 5.74) is 1.20. The van der Waals surface area contributed by atoms with Crippen LogP contribution >= 0.6 is 31.9 Å². The van der Waals surface area contributed by atoms with Gasteiger partial charge in [0.2, 0.25) is 21.8 Å². The Bertz CT molecular complexity index is 1150. The number of hydrogen-bond acceptors (Lipinski definition) is 4. The molecule has 7 nitrogen and oxygen atoms in total. The van der Waals surface area contributed by atoms with Gasteiger partial charge in [-0.1, -0.05) is 59.5 Å². The molecule has 0 saturated heterocycles.